The number of benzene rings is 1. The molecule has 87 valence electrons. The second-order valence-electron chi connectivity index (χ2n) is 4.66. The second kappa shape index (κ2) is 3.99. The summed E-state index contributed by atoms with van der Waals surface area (Å²) >= 11 is 0. The van der Waals surface area contributed by atoms with Gasteiger partial charge < -0.3 is 4.42 Å². The fraction of sp³-hybridized carbons (Fsp3) is 0.357. The Morgan fingerprint density at radius 1 is 1.06 bits per heavy atom. The van der Waals surface area contributed by atoms with Crippen LogP contribution in [0.2, 0.25) is 0 Å². The van der Waals surface area contributed by atoms with Crippen molar-refractivity contribution in [1.82, 2.24) is 10.2 Å². The number of rotatable bonds is 2. The highest BCUT2D eigenvalue weighted by atomic mass is 16.4. The lowest BCUT2D eigenvalue weighted by Crippen LogP contribution is -2.24. The van der Waals surface area contributed by atoms with Crippen molar-refractivity contribution in [3.05, 3.63) is 54.6 Å². The first-order valence-corrected chi connectivity index (χ1v) is 6.03. The lowest BCUT2D eigenvalue weighted by Gasteiger charge is -2.25. The molecule has 17 heavy (non-hydrogen) atoms. The van der Waals surface area contributed by atoms with Gasteiger partial charge in [0.1, 0.15) is 0 Å². The van der Waals surface area contributed by atoms with Crippen molar-refractivity contribution in [3.8, 4) is 0 Å². The Morgan fingerprint density at radius 2 is 1.76 bits per heavy atom. The third kappa shape index (κ3) is 1.66. The summed E-state index contributed by atoms with van der Waals surface area (Å²) in [5, 5.41) is 8.07. The van der Waals surface area contributed by atoms with E-state index in [0.717, 1.165) is 18.7 Å². The van der Waals surface area contributed by atoms with E-state index in [2.05, 4.69) is 41.4 Å². The number of hydrogen-bond acceptors (Lipinski definition) is 3. The van der Waals surface area contributed by atoms with Gasteiger partial charge in [0, 0.05) is 6.92 Å². The van der Waals surface area contributed by atoms with Crippen LogP contribution in [0.4, 0.5) is 0 Å². The van der Waals surface area contributed by atoms with Crippen LogP contribution in [-0.2, 0) is 5.41 Å². The molecule has 0 amide bonds. The SMILES string of the molecule is [CH2]c1nnc(C2(c3ccccc3)CCCC2)o1. The molecule has 0 saturated heterocycles. The average Bonchev–Trinajstić information content (AvgIpc) is 2.99. The summed E-state index contributed by atoms with van der Waals surface area (Å²) in [6, 6.07) is 10.5. The van der Waals surface area contributed by atoms with Crippen LogP contribution < -0.4 is 0 Å². The van der Waals surface area contributed by atoms with Crippen LogP contribution in [0.3, 0.4) is 0 Å². The van der Waals surface area contributed by atoms with Gasteiger partial charge in [-0.3, -0.25) is 0 Å². The Kier molecular flexibility index (Phi) is 2.46. The van der Waals surface area contributed by atoms with Crippen LogP contribution in [-0.4, -0.2) is 10.2 Å². The van der Waals surface area contributed by atoms with Crippen LogP contribution in [0.5, 0.6) is 0 Å². The van der Waals surface area contributed by atoms with Gasteiger partial charge in [-0.1, -0.05) is 43.2 Å². The van der Waals surface area contributed by atoms with Crippen LogP contribution in [0, 0.1) is 6.92 Å². The minimum absolute atomic E-state index is 0.0792. The highest BCUT2D eigenvalue weighted by Crippen LogP contribution is 2.45. The molecular weight excluding hydrogens is 212 g/mol. The molecule has 0 unspecified atom stereocenters. The normalized spacial score (nSPS) is 18.4. The van der Waals surface area contributed by atoms with E-state index in [0.29, 0.717) is 5.89 Å². The first-order valence-electron chi connectivity index (χ1n) is 6.03. The van der Waals surface area contributed by atoms with E-state index in [-0.39, 0.29) is 5.41 Å². The third-order valence-corrected chi connectivity index (χ3v) is 3.66. The standard InChI is InChI=1S/C14H15N2O/c1-11-15-16-13(17-11)14(9-5-6-10-14)12-7-3-2-4-8-12/h2-4,7-8H,1,5-6,9-10H2. The zero-order valence-corrected chi connectivity index (χ0v) is 9.72. The molecule has 1 aromatic heterocycles. The summed E-state index contributed by atoms with van der Waals surface area (Å²) in [6.45, 7) is 3.70. The zero-order valence-electron chi connectivity index (χ0n) is 9.72. The predicted octanol–water partition coefficient (Wildman–Crippen LogP) is 3.11. The van der Waals surface area contributed by atoms with Gasteiger partial charge in [-0.25, -0.2) is 0 Å². The molecule has 1 heterocycles. The van der Waals surface area contributed by atoms with Gasteiger partial charge in [0.25, 0.3) is 0 Å². The summed E-state index contributed by atoms with van der Waals surface area (Å²) in [6.07, 6.45) is 4.59. The zero-order chi connectivity index (χ0) is 11.7. The van der Waals surface area contributed by atoms with Crippen LogP contribution >= 0.6 is 0 Å². The van der Waals surface area contributed by atoms with E-state index in [1.54, 1.807) is 0 Å². The second-order valence-corrected chi connectivity index (χ2v) is 4.66. The van der Waals surface area contributed by atoms with Gasteiger partial charge in [0.15, 0.2) is 0 Å². The maximum absolute atomic E-state index is 5.59. The molecule has 1 saturated carbocycles. The van der Waals surface area contributed by atoms with Crippen LogP contribution in [0.15, 0.2) is 34.7 Å². The molecule has 3 rings (SSSR count). The highest BCUT2D eigenvalue weighted by Gasteiger charge is 2.41. The Bertz CT molecular complexity index is 498. The molecule has 1 aliphatic rings. The molecule has 0 bridgehead atoms. The largest absolute Gasteiger partial charge is 0.424 e. The average molecular weight is 227 g/mol. The van der Waals surface area contributed by atoms with E-state index in [1.165, 1.54) is 18.4 Å². The van der Waals surface area contributed by atoms with Crippen LogP contribution in [0.25, 0.3) is 0 Å². The van der Waals surface area contributed by atoms with E-state index in [1.807, 2.05) is 6.07 Å². The number of nitrogens with zero attached hydrogens (tertiary/aromatic N) is 2. The Balaban J connectivity index is 2.11. The molecule has 3 nitrogen and oxygen atoms in total. The van der Waals surface area contributed by atoms with Gasteiger partial charge in [-0.15, -0.1) is 10.2 Å². The third-order valence-electron chi connectivity index (χ3n) is 3.66. The van der Waals surface area contributed by atoms with Crippen LogP contribution in [0.1, 0.15) is 43.0 Å². The molecule has 3 heteroatoms. The van der Waals surface area contributed by atoms with Crippen molar-refractivity contribution < 1.29 is 4.42 Å². The van der Waals surface area contributed by atoms with Gasteiger partial charge in [-0.2, -0.15) is 0 Å². The van der Waals surface area contributed by atoms with Gasteiger partial charge in [0.2, 0.25) is 11.8 Å². The summed E-state index contributed by atoms with van der Waals surface area (Å²) in [5.74, 6) is 1.13. The molecule has 1 fully saturated rings. The fourth-order valence-corrected chi connectivity index (χ4v) is 2.81. The molecule has 0 aliphatic heterocycles. The van der Waals surface area contributed by atoms with Crippen molar-refractivity contribution in [2.75, 3.05) is 0 Å². The molecular formula is C14H15N2O. The Hall–Kier alpha value is -1.64. The van der Waals surface area contributed by atoms with Gasteiger partial charge >= 0.3 is 0 Å². The minimum Gasteiger partial charge on any atom is -0.424 e. The topological polar surface area (TPSA) is 38.9 Å². The maximum atomic E-state index is 5.59. The van der Waals surface area contributed by atoms with Crippen molar-refractivity contribution in [1.29, 1.82) is 0 Å². The lowest BCUT2D eigenvalue weighted by molar-refractivity contribution is 0.369. The Labute approximate surface area is 101 Å². The van der Waals surface area contributed by atoms with E-state index >= 15 is 0 Å². The maximum Gasteiger partial charge on any atom is 0.227 e. The number of aromatic nitrogens is 2. The molecule has 0 N–H and O–H groups in total. The monoisotopic (exact) mass is 227 g/mol. The minimum atomic E-state index is -0.0792. The van der Waals surface area contributed by atoms with Crippen molar-refractivity contribution in [3.63, 3.8) is 0 Å². The first kappa shape index (κ1) is 10.5. The van der Waals surface area contributed by atoms with E-state index in [9.17, 15) is 0 Å². The van der Waals surface area contributed by atoms with E-state index in [4.69, 9.17) is 4.42 Å². The first-order chi connectivity index (χ1) is 8.31. The van der Waals surface area contributed by atoms with Crippen molar-refractivity contribution in [2.45, 2.75) is 31.1 Å². The predicted molar refractivity (Wildman–Crippen MR) is 64.4 cm³/mol. The number of hydrogen-bond donors (Lipinski definition) is 0. The molecule has 1 aliphatic carbocycles. The molecule has 1 aromatic carbocycles. The summed E-state index contributed by atoms with van der Waals surface area (Å²) in [4.78, 5) is 0. The fourth-order valence-electron chi connectivity index (χ4n) is 2.81. The quantitative estimate of drug-likeness (QED) is 0.791. The lowest BCUT2D eigenvalue weighted by atomic mass is 9.79. The summed E-state index contributed by atoms with van der Waals surface area (Å²) < 4.78 is 5.59. The highest BCUT2D eigenvalue weighted by molar-refractivity contribution is 5.32. The Morgan fingerprint density at radius 3 is 2.35 bits per heavy atom. The molecule has 0 atom stereocenters. The van der Waals surface area contributed by atoms with E-state index < -0.39 is 0 Å². The summed E-state index contributed by atoms with van der Waals surface area (Å²) in [5.41, 5.74) is 1.20. The smallest absolute Gasteiger partial charge is 0.227 e. The molecule has 2 aromatic rings. The van der Waals surface area contributed by atoms with Crippen molar-refractivity contribution in [2.24, 2.45) is 0 Å². The van der Waals surface area contributed by atoms with Crippen molar-refractivity contribution >= 4 is 0 Å². The summed E-state index contributed by atoms with van der Waals surface area (Å²) in [7, 11) is 0. The molecule has 1 radical (unpaired) electrons. The molecule has 0 spiro atoms. The van der Waals surface area contributed by atoms with Gasteiger partial charge in [-0.05, 0) is 18.4 Å². The van der Waals surface area contributed by atoms with Gasteiger partial charge in [0.05, 0.1) is 5.41 Å².